The van der Waals surface area contributed by atoms with Gasteiger partial charge in [0.15, 0.2) is 0 Å². The maximum absolute atomic E-state index is 12.1. The second kappa shape index (κ2) is 7.50. The lowest BCUT2D eigenvalue weighted by Gasteiger charge is -2.37. The highest BCUT2D eigenvalue weighted by Crippen LogP contribution is 2.40. The molecule has 25 heavy (non-hydrogen) atoms. The minimum absolute atomic E-state index is 0.0179. The Hall–Kier alpha value is -1.34. The zero-order chi connectivity index (χ0) is 18.0. The average molecular weight is 365 g/mol. The molecule has 1 amide bonds. The van der Waals surface area contributed by atoms with E-state index in [0.29, 0.717) is 5.75 Å². The Bertz CT molecular complexity index is 630. The highest BCUT2D eigenvalue weighted by molar-refractivity contribution is 7.99. The molecule has 2 heterocycles. The molecule has 138 valence electrons. The van der Waals surface area contributed by atoms with Crippen molar-refractivity contribution in [2.24, 2.45) is 5.41 Å². The first-order valence-corrected chi connectivity index (χ1v) is 10.3. The van der Waals surface area contributed by atoms with E-state index in [2.05, 4.69) is 29.0 Å². The quantitative estimate of drug-likeness (QED) is 0.850. The van der Waals surface area contributed by atoms with Gasteiger partial charge in [0.05, 0.1) is 23.6 Å². The van der Waals surface area contributed by atoms with Gasteiger partial charge in [0.1, 0.15) is 0 Å². The fourth-order valence-electron chi connectivity index (χ4n) is 3.75. The summed E-state index contributed by atoms with van der Waals surface area (Å²) < 4.78 is 0. The third-order valence-corrected chi connectivity index (χ3v) is 5.57. The molecular weight excluding hydrogens is 336 g/mol. The van der Waals surface area contributed by atoms with E-state index in [1.54, 1.807) is 0 Å². The van der Waals surface area contributed by atoms with E-state index in [0.717, 1.165) is 56.0 Å². The molecule has 3 rings (SSSR count). The molecule has 1 saturated heterocycles. The molecule has 1 aliphatic heterocycles. The maximum atomic E-state index is 12.1. The first kappa shape index (κ1) is 18.5. The van der Waals surface area contributed by atoms with Gasteiger partial charge < -0.3 is 15.3 Å². The smallest absolute Gasteiger partial charge is 0.230 e. The zero-order valence-electron chi connectivity index (χ0n) is 15.3. The van der Waals surface area contributed by atoms with Gasteiger partial charge in [0, 0.05) is 24.8 Å². The van der Waals surface area contributed by atoms with Crippen LogP contribution in [0, 0.1) is 5.41 Å². The number of rotatable bonds is 4. The predicted octanol–water partition coefficient (Wildman–Crippen LogP) is 1.93. The van der Waals surface area contributed by atoms with Crippen LogP contribution in [0.4, 0.5) is 5.95 Å². The predicted molar refractivity (Wildman–Crippen MR) is 101 cm³/mol. The highest BCUT2D eigenvalue weighted by Gasteiger charge is 2.35. The molecular formula is C18H28N4O2S. The van der Waals surface area contributed by atoms with Crippen molar-refractivity contribution in [1.82, 2.24) is 15.3 Å². The van der Waals surface area contributed by atoms with Crippen LogP contribution >= 0.6 is 11.8 Å². The van der Waals surface area contributed by atoms with Gasteiger partial charge in [0.25, 0.3) is 0 Å². The van der Waals surface area contributed by atoms with Crippen LogP contribution in [0.2, 0.25) is 0 Å². The van der Waals surface area contributed by atoms with Gasteiger partial charge in [-0.05, 0) is 37.4 Å². The fraction of sp³-hybridized carbons (Fsp3) is 0.722. The van der Waals surface area contributed by atoms with E-state index in [1.165, 1.54) is 11.8 Å². The first-order chi connectivity index (χ1) is 11.9. The molecule has 2 aliphatic rings. The van der Waals surface area contributed by atoms with Crippen LogP contribution in [0.25, 0.3) is 0 Å². The largest absolute Gasteiger partial charge is 0.393 e. The number of hydrogen-bond acceptors (Lipinski definition) is 6. The van der Waals surface area contributed by atoms with Crippen molar-refractivity contribution in [2.45, 2.75) is 51.7 Å². The number of hydrogen-bond donors (Lipinski definition) is 2. The maximum Gasteiger partial charge on any atom is 0.230 e. The zero-order valence-corrected chi connectivity index (χ0v) is 16.1. The monoisotopic (exact) mass is 364 g/mol. The van der Waals surface area contributed by atoms with Crippen molar-refractivity contribution in [1.29, 1.82) is 0 Å². The summed E-state index contributed by atoms with van der Waals surface area (Å²) >= 11 is 1.53. The van der Waals surface area contributed by atoms with E-state index >= 15 is 0 Å². The number of anilines is 1. The molecule has 1 aromatic heterocycles. The van der Waals surface area contributed by atoms with Crippen molar-refractivity contribution >= 4 is 23.6 Å². The molecule has 7 heteroatoms. The number of fused-ring (bicyclic) bond motifs is 1. The standard InChI is InChI=1S/C18H28N4O2S/c1-18(2)8-14(20-16(24)11-25-3)13-10-19-17(21-15(13)9-18)22-6-4-12(23)5-7-22/h10,12,14,23H,4-9,11H2,1-3H3,(H,20,24)/t14-/m1/s1. The van der Waals surface area contributed by atoms with Crippen molar-refractivity contribution < 1.29 is 9.90 Å². The van der Waals surface area contributed by atoms with Gasteiger partial charge in [-0.1, -0.05) is 13.8 Å². The van der Waals surface area contributed by atoms with Crippen molar-refractivity contribution in [3.8, 4) is 0 Å². The number of aliphatic hydroxyl groups is 1. The summed E-state index contributed by atoms with van der Waals surface area (Å²) in [6.07, 6.45) is 6.94. The molecule has 1 atom stereocenters. The Kier molecular flexibility index (Phi) is 5.53. The SMILES string of the molecule is CSCC(=O)N[C@@H]1CC(C)(C)Cc2nc(N3CCC(O)CC3)ncc21. The van der Waals surface area contributed by atoms with E-state index in [1.807, 2.05) is 12.5 Å². The summed E-state index contributed by atoms with van der Waals surface area (Å²) in [5.74, 6) is 1.29. The number of nitrogens with one attached hydrogen (secondary N) is 1. The molecule has 1 fully saturated rings. The molecule has 1 aliphatic carbocycles. The normalized spacial score (nSPS) is 23.2. The van der Waals surface area contributed by atoms with Crippen molar-refractivity contribution in [3.05, 3.63) is 17.5 Å². The lowest BCUT2D eigenvalue weighted by molar-refractivity contribution is -0.119. The topological polar surface area (TPSA) is 78.4 Å². The number of aromatic nitrogens is 2. The van der Waals surface area contributed by atoms with Crippen molar-refractivity contribution in [3.63, 3.8) is 0 Å². The fourth-order valence-corrected chi connectivity index (χ4v) is 4.10. The molecule has 0 radical (unpaired) electrons. The molecule has 0 spiro atoms. The summed E-state index contributed by atoms with van der Waals surface area (Å²) in [6, 6.07) is -0.0179. The Labute approximate surface area is 153 Å². The Morgan fingerprint density at radius 3 is 2.84 bits per heavy atom. The van der Waals surface area contributed by atoms with Crippen LogP contribution in [-0.2, 0) is 11.2 Å². The highest BCUT2D eigenvalue weighted by atomic mass is 32.2. The Morgan fingerprint density at radius 2 is 2.16 bits per heavy atom. The number of thioether (sulfide) groups is 1. The molecule has 0 unspecified atom stereocenters. The van der Waals surface area contributed by atoms with Crippen molar-refractivity contribution in [2.75, 3.05) is 30.0 Å². The second-order valence-electron chi connectivity index (χ2n) is 7.89. The van der Waals surface area contributed by atoms with Crippen LogP contribution in [0.5, 0.6) is 0 Å². The van der Waals surface area contributed by atoms with Gasteiger partial charge >= 0.3 is 0 Å². The average Bonchev–Trinajstić information content (AvgIpc) is 2.54. The van der Waals surface area contributed by atoms with Gasteiger partial charge in [-0.2, -0.15) is 11.8 Å². The molecule has 0 saturated carbocycles. The first-order valence-electron chi connectivity index (χ1n) is 8.95. The second-order valence-corrected chi connectivity index (χ2v) is 8.75. The van der Waals surface area contributed by atoms with Crippen LogP contribution in [0.1, 0.15) is 50.4 Å². The summed E-state index contributed by atoms with van der Waals surface area (Å²) in [5, 5.41) is 12.8. The summed E-state index contributed by atoms with van der Waals surface area (Å²) in [6.45, 7) is 6.03. The number of carbonyl (C=O) groups excluding carboxylic acids is 1. The van der Waals surface area contributed by atoms with E-state index in [-0.39, 0.29) is 23.5 Å². The summed E-state index contributed by atoms with van der Waals surface area (Å²) in [5.41, 5.74) is 2.19. The number of aliphatic hydroxyl groups excluding tert-OH is 1. The van der Waals surface area contributed by atoms with Gasteiger partial charge in [-0.3, -0.25) is 4.79 Å². The van der Waals surface area contributed by atoms with Gasteiger partial charge in [-0.25, -0.2) is 9.97 Å². The molecule has 1 aromatic rings. The third-order valence-electron chi connectivity index (χ3n) is 5.02. The van der Waals surface area contributed by atoms with E-state index in [9.17, 15) is 9.90 Å². The van der Waals surface area contributed by atoms with Crippen LogP contribution in [0.15, 0.2) is 6.20 Å². The minimum Gasteiger partial charge on any atom is -0.393 e. The molecule has 0 bridgehead atoms. The summed E-state index contributed by atoms with van der Waals surface area (Å²) in [4.78, 5) is 23.6. The van der Waals surface area contributed by atoms with Gasteiger partial charge in [-0.15, -0.1) is 0 Å². The third kappa shape index (κ3) is 4.44. The van der Waals surface area contributed by atoms with Crippen LogP contribution in [0.3, 0.4) is 0 Å². The summed E-state index contributed by atoms with van der Waals surface area (Å²) in [7, 11) is 0. The van der Waals surface area contributed by atoms with E-state index in [4.69, 9.17) is 4.98 Å². The number of amides is 1. The van der Waals surface area contributed by atoms with E-state index < -0.39 is 0 Å². The molecule has 6 nitrogen and oxygen atoms in total. The lowest BCUT2D eigenvalue weighted by Crippen LogP contribution is -2.39. The molecule has 2 N–H and O–H groups in total. The number of nitrogens with zero attached hydrogens (tertiary/aromatic N) is 3. The number of piperidine rings is 1. The minimum atomic E-state index is -0.205. The number of carbonyl (C=O) groups is 1. The Balaban J connectivity index is 1.82. The lowest BCUT2D eigenvalue weighted by atomic mass is 9.74. The van der Waals surface area contributed by atoms with Crippen LogP contribution < -0.4 is 10.2 Å². The molecule has 0 aromatic carbocycles. The Morgan fingerprint density at radius 1 is 1.44 bits per heavy atom. The van der Waals surface area contributed by atoms with Gasteiger partial charge in [0.2, 0.25) is 11.9 Å². The van der Waals surface area contributed by atoms with Crippen LogP contribution in [-0.4, -0.2) is 52.2 Å².